The molecular weight excluding hydrogens is 404 g/mol. The lowest BCUT2D eigenvalue weighted by molar-refractivity contribution is 0.0694. The maximum Gasteiger partial charge on any atom is 0.124 e. The molecule has 0 radical (unpaired) electrons. The lowest BCUT2D eigenvalue weighted by Crippen LogP contribution is -2.23. The SMILES string of the molecule is CN(C)Cc1nc2cc(-c3nc4ccccc4s3)ccc2n1C1CCOCC1.Cl. The summed E-state index contributed by atoms with van der Waals surface area (Å²) in [5.74, 6) is 1.13. The van der Waals surface area contributed by atoms with Gasteiger partial charge in [-0.1, -0.05) is 12.1 Å². The molecule has 2 aromatic carbocycles. The van der Waals surface area contributed by atoms with E-state index < -0.39 is 0 Å². The zero-order valence-electron chi connectivity index (χ0n) is 16.7. The van der Waals surface area contributed by atoms with Crippen LogP contribution in [0.1, 0.15) is 24.7 Å². The predicted molar refractivity (Wildman–Crippen MR) is 122 cm³/mol. The highest BCUT2D eigenvalue weighted by molar-refractivity contribution is 7.21. The van der Waals surface area contributed by atoms with Gasteiger partial charge >= 0.3 is 0 Å². The van der Waals surface area contributed by atoms with Crippen molar-refractivity contribution < 1.29 is 4.74 Å². The van der Waals surface area contributed by atoms with Crippen molar-refractivity contribution in [2.45, 2.75) is 25.4 Å². The van der Waals surface area contributed by atoms with Crippen LogP contribution in [0.25, 0.3) is 31.8 Å². The summed E-state index contributed by atoms with van der Waals surface area (Å²) in [5.41, 5.74) is 4.47. The summed E-state index contributed by atoms with van der Waals surface area (Å²) in [6.45, 7) is 2.49. The van der Waals surface area contributed by atoms with Crippen LogP contribution in [-0.4, -0.2) is 46.7 Å². The highest BCUT2D eigenvalue weighted by atomic mass is 35.5. The number of fused-ring (bicyclic) bond motifs is 2. The Bertz CT molecular complexity index is 1100. The molecular formula is C22H25ClN4OS. The summed E-state index contributed by atoms with van der Waals surface area (Å²) in [4.78, 5) is 12.0. The average Bonchev–Trinajstić information content (AvgIpc) is 3.28. The van der Waals surface area contributed by atoms with Crippen LogP contribution in [0.4, 0.5) is 0 Å². The monoisotopic (exact) mass is 428 g/mol. The van der Waals surface area contributed by atoms with Gasteiger partial charge in [-0.15, -0.1) is 23.7 Å². The molecule has 0 amide bonds. The number of halogens is 1. The molecule has 2 aromatic heterocycles. The summed E-state index contributed by atoms with van der Waals surface area (Å²) in [6, 6.07) is 15.4. The van der Waals surface area contributed by atoms with Crippen molar-refractivity contribution in [1.29, 1.82) is 0 Å². The second-order valence-electron chi connectivity index (χ2n) is 7.67. The van der Waals surface area contributed by atoms with Crippen LogP contribution < -0.4 is 0 Å². The number of hydrogen-bond acceptors (Lipinski definition) is 5. The number of nitrogens with zero attached hydrogens (tertiary/aromatic N) is 4. The lowest BCUT2D eigenvalue weighted by atomic mass is 10.1. The summed E-state index contributed by atoms with van der Waals surface area (Å²) >= 11 is 1.74. The highest BCUT2D eigenvalue weighted by Gasteiger charge is 2.22. The van der Waals surface area contributed by atoms with E-state index in [1.54, 1.807) is 11.3 Å². The van der Waals surface area contributed by atoms with Gasteiger partial charge < -0.3 is 14.2 Å². The van der Waals surface area contributed by atoms with Crippen molar-refractivity contribution in [1.82, 2.24) is 19.4 Å². The molecule has 0 unspecified atom stereocenters. The minimum atomic E-state index is 0. The van der Waals surface area contributed by atoms with E-state index in [-0.39, 0.29) is 12.4 Å². The number of para-hydroxylation sites is 1. The number of ether oxygens (including phenoxy) is 1. The van der Waals surface area contributed by atoms with Gasteiger partial charge in [-0.05, 0) is 57.3 Å². The second kappa shape index (κ2) is 8.40. The molecule has 0 saturated carbocycles. The van der Waals surface area contributed by atoms with E-state index in [9.17, 15) is 0 Å². The Morgan fingerprint density at radius 2 is 1.86 bits per heavy atom. The van der Waals surface area contributed by atoms with E-state index in [4.69, 9.17) is 14.7 Å². The van der Waals surface area contributed by atoms with Crippen LogP contribution in [0.3, 0.4) is 0 Å². The molecule has 1 saturated heterocycles. The Morgan fingerprint density at radius 1 is 1.07 bits per heavy atom. The van der Waals surface area contributed by atoms with Gasteiger partial charge in [0, 0.05) is 24.8 Å². The van der Waals surface area contributed by atoms with Gasteiger partial charge in [0.05, 0.1) is 27.8 Å². The predicted octanol–water partition coefficient (Wildman–Crippen LogP) is 5.15. The first-order valence-electron chi connectivity index (χ1n) is 9.78. The Labute approximate surface area is 180 Å². The van der Waals surface area contributed by atoms with Crippen LogP contribution in [-0.2, 0) is 11.3 Å². The minimum Gasteiger partial charge on any atom is -0.381 e. The maximum absolute atomic E-state index is 5.59. The summed E-state index contributed by atoms with van der Waals surface area (Å²) in [5, 5.41) is 1.05. The fraction of sp³-hybridized carbons (Fsp3) is 0.364. The van der Waals surface area contributed by atoms with Crippen LogP contribution in [0.5, 0.6) is 0 Å². The fourth-order valence-electron chi connectivity index (χ4n) is 4.02. The Hall–Kier alpha value is -1.99. The van der Waals surface area contributed by atoms with Crippen molar-refractivity contribution in [3.63, 3.8) is 0 Å². The van der Waals surface area contributed by atoms with Crippen molar-refractivity contribution in [2.24, 2.45) is 0 Å². The Kier molecular flexibility index (Phi) is 5.88. The van der Waals surface area contributed by atoms with E-state index >= 15 is 0 Å². The third kappa shape index (κ3) is 3.90. The standard InChI is InChI=1S/C22H24N4OS.ClH/c1-25(2)14-21-23-18-13-15(22-24-17-5-3-4-6-20(17)28-22)7-8-19(18)26(21)16-9-11-27-12-10-16;/h3-8,13,16H,9-12,14H2,1-2H3;1H. The quantitative estimate of drug-likeness (QED) is 0.451. The molecule has 0 aliphatic carbocycles. The highest BCUT2D eigenvalue weighted by Crippen LogP contribution is 2.34. The van der Waals surface area contributed by atoms with Gasteiger partial charge in [-0.3, -0.25) is 0 Å². The minimum absolute atomic E-state index is 0. The molecule has 4 aromatic rings. The summed E-state index contributed by atoms with van der Waals surface area (Å²) in [7, 11) is 4.19. The molecule has 1 fully saturated rings. The van der Waals surface area contributed by atoms with E-state index in [0.29, 0.717) is 6.04 Å². The van der Waals surface area contributed by atoms with Crippen molar-refractivity contribution >= 4 is 45.0 Å². The number of aromatic nitrogens is 3. The molecule has 0 N–H and O–H groups in total. The fourth-order valence-corrected chi connectivity index (χ4v) is 4.98. The number of rotatable bonds is 4. The van der Waals surface area contributed by atoms with Crippen molar-refractivity contribution in [3.8, 4) is 10.6 Å². The number of benzene rings is 2. The molecule has 1 aliphatic heterocycles. The average molecular weight is 429 g/mol. The molecule has 0 bridgehead atoms. The van der Waals surface area contributed by atoms with Gasteiger partial charge in [0.15, 0.2) is 0 Å². The molecule has 29 heavy (non-hydrogen) atoms. The van der Waals surface area contributed by atoms with Gasteiger partial charge in [0.25, 0.3) is 0 Å². The number of hydrogen-bond donors (Lipinski definition) is 0. The van der Waals surface area contributed by atoms with E-state index in [1.165, 1.54) is 10.2 Å². The normalized spacial score (nSPS) is 15.3. The van der Waals surface area contributed by atoms with Crippen LogP contribution >= 0.6 is 23.7 Å². The van der Waals surface area contributed by atoms with Gasteiger partial charge in [-0.2, -0.15) is 0 Å². The summed E-state index contributed by atoms with van der Waals surface area (Å²) in [6.07, 6.45) is 2.09. The van der Waals surface area contributed by atoms with Crippen LogP contribution in [0, 0.1) is 0 Å². The zero-order valence-corrected chi connectivity index (χ0v) is 18.3. The molecule has 7 heteroatoms. The maximum atomic E-state index is 5.59. The van der Waals surface area contributed by atoms with E-state index in [1.807, 2.05) is 6.07 Å². The molecule has 5 rings (SSSR count). The first-order chi connectivity index (χ1) is 13.7. The first kappa shape index (κ1) is 20.3. The topological polar surface area (TPSA) is 43.2 Å². The van der Waals surface area contributed by atoms with E-state index in [2.05, 4.69) is 60.0 Å². The smallest absolute Gasteiger partial charge is 0.124 e. The zero-order chi connectivity index (χ0) is 19.1. The van der Waals surface area contributed by atoms with Gasteiger partial charge in [-0.25, -0.2) is 9.97 Å². The molecule has 152 valence electrons. The summed E-state index contributed by atoms with van der Waals surface area (Å²) < 4.78 is 9.25. The van der Waals surface area contributed by atoms with Crippen LogP contribution in [0.15, 0.2) is 42.5 Å². The Morgan fingerprint density at radius 3 is 2.62 bits per heavy atom. The molecule has 3 heterocycles. The molecule has 0 spiro atoms. The first-order valence-corrected chi connectivity index (χ1v) is 10.6. The van der Waals surface area contributed by atoms with Crippen LogP contribution in [0.2, 0.25) is 0 Å². The van der Waals surface area contributed by atoms with Crippen molar-refractivity contribution in [3.05, 3.63) is 48.3 Å². The van der Waals surface area contributed by atoms with Gasteiger partial charge in [0.2, 0.25) is 0 Å². The number of imidazole rings is 1. The Balaban J connectivity index is 0.00000205. The molecule has 1 aliphatic rings. The largest absolute Gasteiger partial charge is 0.381 e. The van der Waals surface area contributed by atoms with Gasteiger partial charge in [0.1, 0.15) is 10.8 Å². The third-order valence-electron chi connectivity index (χ3n) is 5.32. The lowest BCUT2D eigenvalue weighted by Gasteiger charge is -2.26. The number of thiazole rings is 1. The molecule has 0 atom stereocenters. The van der Waals surface area contributed by atoms with Crippen molar-refractivity contribution in [2.75, 3.05) is 27.3 Å². The van der Waals surface area contributed by atoms with E-state index in [0.717, 1.165) is 60.0 Å². The third-order valence-corrected chi connectivity index (χ3v) is 6.40. The molecule has 5 nitrogen and oxygen atoms in total. The second-order valence-corrected chi connectivity index (χ2v) is 8.70.